The van der Waals surface area contributed by atoms with Crippen LogP contribution >= 0.6 is 11.8 Å². The summed E-state index contributed by atoms with van der Waals surface area (Å²) in [5, 5.41) is 11.8. The highest BCUT2D eigenvalue weighted by Crippen LogP contribution is 2.65. The van der Waals surface area contributed by atoms with Gasteiger partial charge in [0.05, 0.1) is 19.3 Å². The van der Waals surface area contributed by atoms with E-state index in [-0.39, 0.29) is 24.6 Å². The maximum atomic E-state index is 13.3. The lowest BCUT2D eigenvalue weighted by Gasteiger charge is -2.48. The molecule has 142 valence electrons. The van der Waals surface area contributed by atoms with Gasteiger partial charge < -0.3 is 9.47 Å². The molecule has 0 aromatic heterocycles. The third kappa shape index (κ3) is 2.92. The zero-order valence-corrected chi connectivity index (χ0v) is 16.8. The second-order valence-electron chi connectivity index (χ2n) is 7.50. The number of methoxy groups -OCH3 is 1. The van der Waals surface area contributed by atoms with E-state index >= 15 is 0 Å². The molecule has 1 aromatic rings. The summed E-state index contributed by atoms with van der Waals surface area (Å²) < 4.78 is 10.0. The first-order chi connectivity index (χ1) is 13.0. The van der Waals surface area contributed by atoms with Crippen LogP contribution in [0, 0.1) is 28.6 Å². The molecule has 5 nitrogen and oxygen atoms in total. The van der Waals surface area contributed by atoms with Gasteiger partial charge in [0.1, 0.15) is 5.40 Å². The van der Waals surface area contributed by atoms with Crippen LogP contribution in [-0.4, -0.2) is 25.8 Å². The van der Waals surface area contributed by atoms with Crippen LogP contribution in [0.2, 0.25) is 0 Å². The molecule has 1 aromatic carbocycles. The minimum Gasteiger partial charge on any atom is -0.465 e. The average Bonchev–Trinajstić information content (AvgIpc) is 2.91. The lowest BCUT2D eigenvalue weighted by molar-refractivity contribution is -0.152. The number of hydrogen-bond acceptors (Lipinski definition) is 5. The Labute approximate surface area is 164 Å². The molecule has 2 aliphatic carbocycles. The fraction of sp³-hybridized carbons (Fsp3) is 0.571. The first-order valence-electron chi connectivity index (χ1n) is 9.26. The Hall–Kier alpha value is -2.02. The summed E-state index contributed by atoms with van der Waals surface area (Å²) in [6.45, 7) is 11.6. The second-order valence-corrected chi connectivity index (χ2v) is 8.50. The monoisotopic (exact) mass is 384 g/mol. The molecule has 3 rings (SSSR count). The molecule has 4 atom stereocenters. The van der Waals surface area contributed by atoms with Crippen molar-refractivity contribution in [2.75, 3.05) is 13.7 Å². The molecular weight excluding hydrogens is 360 g/mol. The number of thiocyanates is 1. The van der Waals surface area contributed by atoms with Crippen molar-refractivity contribution in [3.05, 3.63) is 40.7 Å². The lowest BCUT2D eigenvalue weighted by atomic mass is 9.62. The van der Waals surface area contributed by atoms with E-state index in [0.29, 0.717) is 5.69 Å². The minimum atomic E-state index is -1.10. The Balaban J connectivity index is 2.20. The topological polar surface area (TPSA) is 63.7 Å². The second kappa shape index (κ2) is 7.54. The summed E-state index contributed by atoms with van der Waals surface area (Å²) in [6.07, 6.45) is 3.28. The molecule has 1 unspecified atom stereocenters. The Bertz CT molecular complexity index is 828. The van der Waals surface area contributed by atoms with Crippen molar-refractivity contribution in [1.82, 2.24) is 0 Å². The van der Waals surface area contributed by atoms with Gasteiger partial charge in [0.15, 0.2) is 10.4 Å². The van der Waals surface area contributed by atoms with Crippen LogP contribution in [0.15, 0.2) is 18.2 Å². The van der Waals surface area contributed by atoms with E-state index in [0.717, 1.165) is 48.6 Å². The minimum absolute atomic E-state index is 0.158. The summed E-state index contributed by atoms with van der Waals surface area (Å²) >= 11 is 1.000. The standard InChI is InChI=1S/C21H24N2O3S/c1-5-26-19(24)21(27-13-22)17-10-16(23-3)7-6-15(17)12-20(21)9-8-18(25-4)14(2)11-20/h6-7,10,14,18H,5,8-9,11-12H2,1-2,4H3/t14-,18-,20-,21?/m0/s1. The normalized spacial score (nSPS) is 31.7. The van der Waals surface area contributed by atoms with Crippen LogP contribution < -0.4 is 0 Å². The molecular formula is C21H24N2O3S. The third-order valence-electron chi connectivity index (χ3n) is 6.20. The van der Waals surface area contributed by atoms with E-state index < -0.39 is 10.2 Å². The molecule has 1 saturated carbocycles. The van der Waals surface area contributed by atoms with Crippen molar-refractivity contribution in [1.29, 1.82) is 5.26 Å². The highest BCUT2D eigenvalue weighted by atomic mass is 32.2. The van der Waals surface area contributed by atoms with Crippen LogP contribution in [0.5, 0.6) is 0 Å². The summed E-state index contributed by atoms with van der Waals surface area (Å²) in [7, 11) is 1.73. The van der Waals surface area contributed by atoms with Crippen LogP contribution in [0.4, 0.5) is 5.69 Å². The number of benzene rings is 1. The highest BCUT2D eigenvalue weighted by Gasteiger charge is 2.65. The molecule has 0 heterocycles. The van der Waals surface area contributed by atoms with E-state index in [1.807, 2.05) is 6.07 Å². The summed E-state index contributed by atoms with van der Waals surface area (Å²) in [6, 6.07) is 5.52. The van der Waals surface area contributed by atoms with E-state index in [1.54, 1.807) is 26.2 Å². The molecule has 27 heavy (non-hydrogen) atoms. The van der Waals surface area contributed by atoms with Crippen LogP contribution in [-0.2, 0) is 25.4 Å². The molecule has 0 amide bonds. The van der Waals surface area contributed by atoms with Crippen molar-refractivity contribution in [3.8, 4) is 5.40 Å². The number of hydrogen-bond donors (Lipinski definition) is 0. The molecule has 1 spiro atoms. The quantitative estimate of drug-likeness (QED) is 0.432. The SMILES string of the molecule is [C-]#[N+]c1ccc2c(c1)C(SC#N)(C(=O)OCC)[C@]1(CC[C@H](OC)[C@@H](C)C1)C2. The van der Waals surface area contributed by atoms with Gasteiger partial charge in [0.2, 0.25) is 0 Å². The van der Waals surface area contributed by atoms with Crippen molar-refractivity contribution >= 4 is 23.4 Å². The van der Waals surface area contributed by atoms with Crippen molar-refractivity contribution in [3.63, 3.8) is 0 Å². The maximum absolute atomic E-state index is 13.3. The van der Waals surface area contributed by atoms with Gasteiger partial charge >= 0.3 is 5.97 Å². The number of ether oxygens (including phenoxy) is 2. The van der Waals surface area contributed by atoms with Crippen molar-refractivity contribution in [2.45, 2.75) is 50.4 Å². The van der Waals surface area contributed by atoms with Gasteiger partial charge in [-0.2, -0.15) is 5.26 Å². The number of fused-ring (bicyclic) bond motifs is 1. The predicted molar refractivity (Wildman–Crippen MR) is 104 cm³/mol. The van der Waals surface area contributed by atoms with Gasteiger partial charge in [-0.25, -0.2) is 4.85 Å². The molecule has 0 bridgehead atoms. The average molecular weight is 385 g/mol. The van der Waals surface area contributed by atoms with Gasteiger partial charge in [-0.15, -0.1) is 0 Å². The summed E-state index contributed by atoms with van der Waals surface area (Å²) in [5.74, 6) is -0.0908. The number of thioether (sulfide) groups is 1. The zero-order chi connectivity index (χ0) is 19.7. The number of carbonyl (C=O) groups excluding carboxylic acids is 1. The number of rotatable bonds is 4. The molecule has 0 aliphatic heterocycles. The number of nitriles is 1. The van der Waals surface area contributed by atoms with Gasteiger partial charge in [-0.1, -0.05) is 25.1 Å². The Morgan fingerprint density at radius 2 is 2.30 bits per heavy atom. The summed E-state index contributed by atoms with van der Waals surface area (Å²) in [5.41, 5.74) is 1.90. The largest absolute Gasteiger partial charge is 0.465 e. The van der Waals surface area contributed by atoms with Crippen LogP contribution in [0.1, 0.15) is 44.2 Å². The van der Waals surface area contributed by atoms with E-state index in [2.05, 4.69) is 17.2 Å². The van der Waals surface area contributed by atoms with Crippen molar-refractivity contribution < 1.29 is 14.3 Å². The Morgan fingerprint density at radius 3 is 2.89 bits per heavy atom. The molecule has 0 radical (unpaired) electrons. The van der Waals surface area contributed by atoms with Crippen molar-refractivity contribution in [2.24, 2.45) is 11.3 Å². The van der Waals surface area contributed by atoms with Gasteiger partial charge in [-0.05, 0) is 61.4 Å². The zero-order valence-electron chi connectivity index (χ0n) is 15.9. The first-order valence-corrected chi connectivity index (χ1v) is 10.1. The van der Waals surface area contributed by atoms with E-state index in [4.69, 9.17) is 16.0 Å². The molecule has 0 N–H and O–H groups in total. The van der Waals surface area contributed by atoms with Crippen LogP contribution in [0.3, 0.4) is 0 Å². The third-order valence-corrected chi connectivity index (χ3v) is 7.41. The fourth-order valence-corrected chi connectivity index (χ4v) is 6.16. The predicted octanol–water partition coefficient (Wildman–Crippen LogP) is 4.59. The maximum Gasteiger partial charge on any atom is 0.328 e. The first kappa shape index (κ1) is 19.7. The van der Waals surface area contributed by atoms with Crippen LogP contribution in [0.25, 0.3) is 4.85 Å². The smallest absolute Gasteiger partial charge is 0.328 e. The number of carbonyl (C=O) groups is 1. The molecule has 6 heteroatoms. The van der Waals surface area contributed by atoms with Gasteiger partial charge in [0.25, 0.3) is 0 Å². The van der Waals surface area contributed by atoms with Gasteiger partial charge in [-0.3, -0.25) is 4.79 Å². The highest BCUT2D eigenvalue weighted by molar-refractivity contribution is 8.05. The molecule has 0 saturated heterocycles. The number of esters is 1. The molecule has 2 aliphatic rings. The Kier molecular flexibility index (Phi) is 5.51. The van der Waals surface area contributed by atoms with E-state index in [1.165, 1.54) is 0 Å². The number of nitrogens with zero attached hydrogens (tertiary/aromatic N) is 2. The fourth-order valence-electron chi connectivity index (χ4n) is 5.11. The summed E-state index contributed by atoms with van der Waals surface area (Å²) in [4.78, 5) is 16.9. The van der Waals surface area contributed by atoms with E-state index in [9.17, 15) is 10.1 Å². The van der Waals surface area contributed by atoms with Gasteiger partial charge in [0, 0.05) is 12.5 Å². The lowest BCUT2D eigenvalue weighted by Crippen LogP contribution is -2.51. The molecule has 1 fully saturated rings. The Morgan fingerprint density at radius 1 is 1.52 bits per heavy atom.